The molecule has 0 bridgehead atoms. The fraction of sp³-hybridized carbons (Fsp3) is 0.227. The van der Waals surface area contributed by atoms with E-state index in [1.165, 1.54) is 6.26 Å². The average Bonchev–Trinajstić information content (AvgIpc) is 3.47. The van der Waals surface area contributed by atoms with Crippen LogP contribution in [0.1, 0.15) is 41.1 Å². The molecule has 3 aromatic rings. The summed E-state index contributed by atoms with van der Waals surface area (Å²) in [6, 6.07) is 15.2. The minimum absolute atomic E-state index is 0.375. The Morgan fingerprint density at radius 3 is 2.77 bits per heavy atom. The molecule has 1 fully saturated rings. The van der Waals surface area contributed by atoms with Gasteiger partial charge in [-0.2, -0.15) is 5.26 Å². The second-order valence-electron chi connectivity index (χ2n) is 7.33. The van der Waals surface area contributed by atoms with Gasteiger partial charge in [-0.25, -0.2) is 4.99 Å². The van der Waals surface area contributed by atoms with E-state index in [-0.39, 0.29) is 0 Å². The van der Waals surface area contributed by atoms with Crippen LogP contribution in [0.3, 0.4) is 0 Å². The van der Waals surface area contributed by atoms with Crippen molar-refractivity contribution < 1.29 is 9.63 Å². The SMILES string of the molecule is N#Cc1cc2c(cc1C1CC1)N(c1ccccc1Cl)C(O)N=C2NCc1ccon1. The van der Waals surface area contributed by atoms with E-state index >= 15 is 0 Å². The van der Waals surface area contributed by atoms with Crippen molar-refractivity contribution in [1.82, 2.24) is 10.5 Å². The Morgan fingerprint density at radius 2 is 2.07 bits per heavy atom. The quantitative estimate of drug-likeness (QED) is 0.662. The van der Waals surface area contributed by atoms with Gasteiger partial charge < -0.3 is 14.9 Å². The van der Waals surface area contributed by atoms with Crippen molar-refractivity contribution in [3.05, 3.63) is 76.1 Å². The number of halogens is 1. The van der Waals surface area contributed by atoms with E-state index in [2.05, 4.69) is 21.5 Å². The first-order chi connectivity index (χ1) is 14.7. The molecule has 0 spiro atoms. The minimum atomic E-state index is -1.17. The van der Waals surface area contributed by atoms with Crippen LogP contribution in [-0.4, -0.2) is 22.5 Å². The highest BCUT2D eigenvalue weighted by molar-refractivity contribution is 6.33. The molecular weight excluding hydrogens is 402 g/mol. The molecule has 0 saturated heterocycles. The van der Waals surface area contributed by atoms with E-state index in [0.717, 1.165) is 29.7 Å². The molecule has 5 rings (SSSR count). The molecule has 150 valence electrons. The van der Waals surface area contributed by atoms with Crippen LogP contribution in [0, 0.1) is 11.3 Å². The lowest BCUT2D eigenvalue weighted by Crippen LogP contribution is -2.39. The molecule has 0 amide bonds. The van der Waals surface area contributed by atoms with Crippen molar-refractivity contribution in [2.75, 3.05) is 4.90 Å². The second kappa shape index (κ2) is 7.48. The van der Waals surface area contributed by atoms with Gasteiger partial charge in [-0.15, -0.1) is 0 Å². The van der Waals surface area contributed by atoms with Gasteiger partial charge in [0, 0.05) is 11.6 Å². The first kappa shape index (κ1) is 18.7. The number of hydrogen-bond acceptors (Lipinski definition) is 7. The number of fused-ring (bicyclic) bond motifs is 1. The van der Waals surface area contributed by atoms with Crippen molar-refractivity contribution in [2.24, 2.45) is 4.99 Å². The summed E-state index contributed by atoms with van der Waals surface area (Å²) in [7, 11) is 0. The van der Waals surface area contributed by atoms with Gasteiger partial charge in [0.1, 0.15) is 17.8 Å². The maximum atomic E-state index is 10.9. The first-order valence-corrected chi connectivity index (χ1v) is 10.0. The zero-order valence-corrected chi connectivity index (χ0v) is 16.7. The number of amidine groups is 1. The normalized spacial score (nSPS) is 17.8. The van der Waals surface area contributed by atoms with Crippen molar-refractivity contribution >= 4 is 28.8 Å². The molecule has 8 heteroatoms. The molecule has 2 N–H and O–H groups in total. The van der Waals surface area contributed by atoms with Gasteiger partial charge in [0.05, 0.1) is 34.6 Å². The van der Waals surface area contributed by atoms with E-state index in [4.69, 9.17) is 16.1 Å². The second-order valence-corrected chi connectivity index (χ2v) is 7.74. The van der Waals surface area contributed by atoms with Crippen LogP contribution >= 0.6 is 11.6 Å². The predicted molar refractivity (Wildman–Crippen MR) is 113 cm³/mol. The van der Waals surface area contributed by atoms with E-state index in [9.17, 15) is 10.4 Å². The Bertz CT molecular complexity index is 1160. The number of aliphatic hydroxyl groups is 1. The summed E-state index contributed by atoms with van der Waals surface area (Å²) in [5.74, 6) is 0.864. The van der Waals surface area contributed by atoms with Crippen LogP contribution in [0.2, 0.25) is 5.02 Å². The number of para-hydroxylation sites is 1. The van der Waals surface area contributed by atoms with Crippen LogP contribution in [0.25, 0.3) is 0 Å². The zero-order chi connectivity index (χ0) is 20.7. The van der Waals surface area contributed by atoms with Crippen molar-refractivity contribution in [1.29, 1.82) is 5.26 Å². The summed E-state index contributed by atoms with van der Waals surface area (Å²) in [6.45, 7) is 0.375. The molecule has 2 aliphatic rings. The lowest BCUT2D eigenvalue weighted by Gasteiger charge is -2.35. The fourth-order valence-electron chi connectivity index (χ4n) is 3.73. The van der Waals surface area contributed by atoms with Crippen LogP contribution in [0.15, 0.2) is 58.2 Å². The standard InChI is InChI=1S/C22H18ClN5O2/c23-18-3-1-2-4-19(18)28-20-10-16(13-5-6-13)14(11-24)9-17(20)21(26-22(28)29)25-12-15-7-8-30-27-15/h1-4,7-10,13,22,29H,5-6,12H2,(H,25,26). The molecule has 1 aliphatic heterocycles. The average molecular weight is 420 g/mol. The van der Waals surface area contributed by atoms with Gasteiger partial charge in [0.15, 0.2) is 0 Å². The Labute approximate surface area is 178 Å². The van der Waals surface area contributed by atoms with Gasteiger partial charge in [-0.05, 0) is 48.6 Å². The molecule has 1 atom stereocenters. The largest absolute Gasteiger partial charge is 0.364 e. The van der Waals surface area contributed by atoms with Gasteiger partial charge in [0.25, 0.3) is 0 Å². The maximum absolute atomic E-state index is 10.9. The van der Waals surface area contributed by atoms with Gasteiger partial charge in [0.2, 0.25) is 6.35 Å². The van der Waals surface area contributed by atoms with E-state index < -0.39 is 6.35 Å². The smallest absolute Gasteiger partial charge is 0.231 e. The van der Waals surface area contributed by atoms with Gasteiger partial charge >= 0.3 is 0 Å². The Hall–Kier alpha value is -3.34. The lowest BCUT2D eigenvalue weighted by molar-refractivity contribution is 0.189. The highest BCUT2D eigenvalue weighted by Crippen LogP contribution is 2.46. The highest BCUT2D eigenvalue weighted by Gasteiger charge is 2.33. The monoisotopic (exact) mass is 419 g/mol. The molecular formula is C22H18ClN5O2. The van der Waals surface area contributed by atoms with E-state index in [1.807, 2.05) is 30.3 Å². The van der Waals surface area contributed by atoms with E-state index in [0.29, 0.717) is 40.3 Å². The van der Waals surface area contributed by atoms with Crippen LogP contribution in [0.4, 0.5) is 11.4 Å². The summed E-state index contributed by atoms with van der Waals surface area (Å²) in [5, 5.41) is 28.3. The van der Waals surface area contributed by atoms with Crippen LogP contribution in [-0.2, 0) is 6.54 Å². The number of rotatable bonds is 4. The highest BCUT2D eigenvalue weighted by atomic mass is 35.5. The Kier molecular flexibility index (Phi) is 4.66. The van der Waals surface area contributed by atoms with E-state index in [1.54, 1.807) is 17.0 Å². The number of nitriles is 1. The molecule has 1 saturated carbocycles. The number of hydrogen-bond donors (Lipinski definition) is 2. The Balaban J connectivity index is 1.63. The first-order valence-electron chi connectivity index (χ1n) is 9.67. The minimum Gasteiger partial charge on any atom is -0.364 e. The fourth-order valence-corrected chi connectivity index (χ4v) is 3.96. The summed E-state index contributed by atoms with van der Waals surface area (Å²) in [4.78, 5) is 6.15. The van der Waals surface area contributed by atoms with Crippen molar-refractivity contribution in [3.8, 4) is 6.07 Å². The summed E-state index contributed by atoms with van der Waals surface area (Å²) < 4.78 is 4.87. The summed E-state index contributed by atoms with van der Waals surface area (Å²) in [6.07, 6.45) is 2.45. The molecule has 1 unspecified atom stereocenters. The third-order valence-electron chi connectivity index (χ3n) is 5.34. The third kappa shape index (κ3) is 3.30. The van der Waals surface area contributed by atoms with Crippen molar-refractivity contribution in [3.63, 3.8) is 0 Å². The zero-order valence-electron chi connectivity index (χ0n) is 15.9. The summed E-state index contributed by atoms with van der Waals surface area (Å²) in [5.41, 5.74) is 4.47. The van der Waals surface area contributed by atoms with Crippen LogP contribution in [0.5, 0.6) is 0 Å². The van der Waals surface area contributed by atoms with Crippen LogP contribution < -0.4 is 10.2 Å². The number of aliphatic imine (C=N–C) groups is 1. The maximum Gasteiger partial charge on any atom is 0.231 e. The van der Waals surface area contributed by atoms with Crippen molar-refractivity contribution in [2.45, 2.75) is 31.7 Å². The third-order valence-corrected chi connectivity index (χ3v) is 5.66. The number of nitrogens with one attached hydrogen (secondary N) is 1. The van der Waals surface area contributed by atoms with Gasteiger partial charge in [-0.1, -0.05) is 28.9 Å². The lowest BCUT2D eigenvalue weighted by atomic mass is 9.96. The molecule has 2 aromatic carbocycles. The number of anilines is 2. The topological polar surface area (TPSA) is 97.7 Å². The molecule has 30 heavy (non-hydrogen) atoms. The Morgan fingerprint density at radius 1 is 1.23 bits per heavy atom. The molecule has 1 aliphatic carbocycles. The predicted octanol–water partition coefficient (Wildman–Crippen LogP) is 4.04. The number of nitrogens with zero attached hydrogens (tertiary/aromatic N) is 4. The van der Waals surface area contributed by atoms with Gasteiger partial charge in [-0.3, -0.25) is 4.90 Å². The molecule has 2 heterocycles. The molecule has 0 radical (unpaired) electrons. The number of benzene rings is 2. The molecule has 1 aromatic heterocycles. The molecule has 7 nitrogen and oxygen atoms in total. The summed E-state index contributed by atoms with van der Waals surface area (Å²) >= 11 is 6.44. The number of aromatic nitrogens is 1. The number of aliphatic hydroxyl groups excluding tert-OH is 1.